The summed E-state index contributed by atoms with van der Waals surface area (Å²) >= 11 is 0. The number of anilines is 1. The van der Waals surface area contributed by atoms with E-state index >= 15 is 0 Å². The van der Waals surface area contributed by atoms with Gasteiger partial charge in [-0.25, -0.2) is 8.42 Å². The lowest BCUT2D eigenvalue weighted by atomic mass is 10.1. The van der Waals surface area contributed by atoms with Crippen LogP contribution in [0, 0.1) is 0 Å². The van der Waals surface area contributed by atoms with Gasteiger partial charge in [0, 0.05) is 5.69 Å². The third kappa shape index (κ3) is 11.6. The average molecular weight is 412 g/mol. The van der Waals surface area contributed by atoms with Crippen LogP contribution in [0.15, 0.2) is 24.3 Å². The number of sulfonamides is 1. The number of benzene rings is 1. The Morgan fingerprint density at radius 1 is 0.786 bits per heavy atom. The number of rotatable bonds is 17. The monoisotopic (exact) mass is 411 g/mol. The maximum atomic E-state index is 12.2. The minimum atomic E-state index is -3.28. The van der Waals surface area contributed by atoms with E-state index in [1.807, 2.05) is 12.1 Å². The minimum absolute atomic E-state index is 0.190. The van der Waals surface area contributed by atoms with E-state index in [1.165, 1.54) is 44.9 Å². The van der Waals surface area contributed by atoms with Crippen molar-refractivity contribution < 1.29 is 13.2 Å². The first kappa shape index (κ1) is 24.8. The maximum absolute atomic E-state index is 12.2. The van der Waals surface area contributed by atoms with Gasteiger partial charge in [-0.1, -0.05) is 78.6 Å². The molecule has 1 rings (SSSR count). The van der Waals surface area contributed by atoms with Crippen LogP contribution in [-0.4, -0.2) is 20.3 Å². The first-order valence-corrected chi connectivity index (χ1v) is 12.9. The van der Waals surface area contributed by atoms with Crippen molar-refractivity contribution in [3.63, 3.8) is 0 Å². The minimum Gasteiger partial charge on any atom is -0.490 e. The van der Waals surface area contributed by atoms with E-state index in [1.54, 1.807) is 12.1 Å². The fourth-order valence-electron chi connectivity index (χ4n) is 3.26. The van der Waals surface area contributed by atoms with Crippen LogP contribution in [0.25, 0.3) is 0 Å². The number of unbranched alkanes of at least 4 members (excludes halogenated alkanes) is 9. The highest BCUT2D eigenvalue weighted by atomic mass is 32.2. The van der Waals surface area contributed by atoms with E-state index in [2.05, 4.69) is 25.5 Å². The molecule has 0 saturated carbocycles. The molecule has 0 heterocycles. The Hall–Kier alpha value is -1.23. The molecular weight excluding hydrogens is 370 g/mol. The summed E-state index contributed by atoms with van der Waals surface area (Å²) < 4.78 is 33.0. The molecule has 0 aliphatic carbocycles. The predicted molar refractivity (Wildman–Crippen MR) is 121 cm³/mol. The molecule has 4 nitrogen and oxygen atoms in total. The molecule has 0 atom stereocenters. The van der Waals surface area contributed by atoms with Crippen molar-refractivity contribution in [1.82, 2.24) is 0 Å². The van der Waals surface area contributed by atoms with E-state index in [4.69, 9.17) is 4.74 Å². The fraction of sp³-hybridized carbons (Fsp3) is 0.739. The van der Waals surface area contributed by atoms with Gasteiger partial charge in [-0.2, -0.15) is 0 Å². The molecule has 162 valence electrons. The Kier molecular flexibility index (Phi) is 13.0. The predicted octanol–water partition coefficient (Wildman–Crippen LogP) is 6.92. The van der Waals surface area contributed by atoms with E-state index in [0.29, 0.717) is 5.69 Å². The van der Waals surface area contributed by atoms with Crippen molar-refractivity contribution in [2.75, 3.05) is 10.5 Å². The average Bonchev–Trinajstić information content (AvgIpc) is 2.68. The van der Waals surface area contributed by atoms with E-state index < -0.39 is 10.0 Å². The Bertz CT molecular complexity index is 595. The first-order valence-electron chi connectivity index (χ1n) is 11.3. The second-order valence-corrected chi connectivity index (χ2v) is 9.53. The highest BCUT2D eigenvalue weighted by Crippen LogP contribution is 2.20. The second kappa shape index (κ2) is 14.7. The van der Waals surface area contributed by atoms with Crippen molar-refractivity contribution in [2.45, 2.75) is 104 Å². The van der Waals surface area contributed by atoms with E-state index in [9.17, 15) is 8.42 Å². The zero-order valence-electron chi connectivity index (χ0n) is 18.2. The standard InChI is InChI=1S/C23H41NO3S/c1-4-7-8-9-10-11-12-13-14-15-20-28(25,26)24-21-16-18-23(19-17-21)27-22(5-2)6-3/h16-19,22,24H,4-15,20H2,1-3H3. The summed E-state index contributed by atoms with van der Waals surface area (Å²) in [5.74, 6) is 0.974. The molecule has 0 aromatic heterocycles. The molecule has 0 amide bonds. The Morgan fingerprint density at radius 3 is 1.79 bits per heavy atom. The van der Waals surface area contributed by atoms with Crippen LogP contribution in [0.2, 0.25) is 0 Å². The summed E-state index contributed by atoms with van der Waals surface area (Å²) in [6.07, 6.45) is 14.1. The number of nitrogens with one attached hydrogen (secondary N) is 1. The molecule has 0 radical (unpaired) electrons. The molecular formula is C23H41NO3S. The lowest BCUT2D eigenvalue weighted by molar-refractivity contribution is 0.193. The van der Waals surface area contributed by atoms with Crippen molar-refractivity contribution in [2.24, 2.45) is 0 Å². The molecule has 5 heteroatoms. The summed E-state index contributed by atoms with van der Waals surface area (Å²) in [6, 6.07) is 7.20. The zero-order valence-corrected chi connectivity index (χ0v) is 19.0. The summed E-state index contributed by atoms with van der Waals surface area (Å²) in [4.78, 5) is 0. The van der Waals surface area contributed by atoms with E-state index in [-0.39, 0.29) is 11.9 Å². The molecule has 0 saturated heterocycles. The van der Waals surface area contributed by atoms with Crippen molar-refractivity contribution in [1.29, 1.82) is 0 Å². The molecule has 0 aliphatic rings. The lowest BCUT2D eigenvalue weighted by Gasteiger charge is -2.16. The molecule has 0 bridgehead atoms. The number of hydrogen-bond donors (Lipinski definition) is 1. The van der Waals surface area contributed by atoms with Crippen LogP contribution in [0.1, 0.15) is 97.8 Å². The Balaban J connectivity index is 2.21. The van der Waals surface area contributed by atoms with Crippen molar-refractivity contribution in [3.8, 4) is 5.75 Å². The molecule has 0 aliphatic heterocycles. The fourth-order valence-corrected chi connectivity index (χ4v) is 4.44. The van der Waals surface area contributed by atoms with Gasteiger partial charge in [0.2, 0.25) is 10.0 Å². The Labute approximate surface area is 173 Å². The largest absolute Gasteiger partial charge is 0.490 e. The second-order valence-electron chi connectivity index (χ2n) is 7.68. The molecule has 1 N–H and O–H groups in total. The van der Waals surface area contributed by atoms with Gasteiger partial charge < -0.3 is 4.74 Å². The number of hydrogen-bond acceptors (Lipinski definition) is 3. The van der Waals surface area contributed by atoms with Crippen LogP contribution in [0.4, 0.5) is 5.69 Å². The lowest BCUT2D eigenvalue weighted by Crippen LogP contribution is -2.17. The van der Waals surface area contributed by atoms with Gasteiger partial charge in [0.15, 0.2) is 0 Å². The highest BCUT2D eigenvalue weighted by Gasteiger charge is 2.11. The van der Waals surface area contributed by atoms with Gasteiger partial charge in [0.25, 0.3) is 0 Å². The third-order valence-corrected chi connectivity index (χ3v) is 6.48. The first-order chi connectivity index (χ1) is 13.5. The molecule has 28 heavy (non-hydrogen) atoms. The summed E-state index contributed by atoms with van der Waals surface area (Å²) in [6.45, 7) is 6.44. The van der Waals surface area contributed by atoms with Crippen LogP contribution >= 0.6 is 0 Å². The van der Waals surface area contributed by atoms with Gasteiger partial charge in [-0.3, -0.25) is 4.72 Å². The van der Waals surface area contributed by atoms with Crippen molar-refractivity contribution >= 4 is 15.7 Å². The van der Waals surface area contributed by atoms with E-state index in [0.717, 1.165) is 37.9 Å². The summed E-state index contributed by atoms with van der Waals surface area (Å²) in [5.41, 5.74) is 0.601. The van der Waals surface area contributed by atoms with Crippen LogP contribution in [0.3, 0.4) is 0 Å². The van der Waals surface area contributed by atoms with Crippen molar-refractivity contribution in [3.05, 3.63) is 24.3 Å². The van der Waals surface area contributed by atoms with Gasteiger partial charge in [0.05, 0.1) is 11.9 Å². The Morgan fingerprint density at radius 2 is 1.29 bits per heavy atom. The topological polar surface area (TPSA) is 55.4 Å². The zero-order chi connectivity index (χ0) is 20.7. The maximum Gasteiger partial charge on any atom is 0.232 e. The van der Waals surface area contributed by atoms with Crippen LogP contribution in [-0.2, 0) is 10.0 Å². The van der Waals surface area contributed by atoms with Gasteiger partial charge in [0.1, 0.15) is 5.75 Å². The van der Waals surface area contributed by atoms with Crippen LogP contribution in [0.5, 0.6) is 5.75 Å². The van der Waals surface area contributed by atoms with Crippen LogP contribution < -0.4 is 9.46 Å². The van der Waals surface area contributed by atoms with Gasteiger partial charge in [-0.15, -0.1) is 0 Å². The van der Waals surface area contributed by atoms with Gasteiger partial charge >= 0.3 is 0 Å². The quantitative estimate of drug-likeness (QED) is 0.283. The normalized spacial score (nSPS) is 11.7. The number of ether oxygens (including phenoxy) is 1. The smallest absolute Gasteiger partial charge is 0.232 e. The van der Waals surface area contributed by atoms with Gasteiger partial charge in [-0.05, 0) is 43.5 Å². The molecule has 1 aromatic carbocycles. The highest BCUT2D eigenvalue weighted by molar-refractivity contribution is 7.92. The summed E-state index contributed by atoms with van der Waals surface area (Å²) in [5, 5.41) is 0. The summed E-state index contributed by atoms with van der Waals surface area (Å²) in [7, 11) is -3.28. The molecule has 0 unspecified atom stereocenters. The molecule has 1 aromatic rings. The molecule has 0 spiro atoms. The molecule has 0 fully saturated rings. The SMILES string of the molecule is CCCCCCCCCCCCS(=O)(=O)Nc1ccc(OC(CC)CC)cc1. The third-order valence-electron chi connectivity index (χ3n) is 5.11.